The van der Waals surface area contributed by atoms with E-state index in [4.69, 9.17) is 14.2 Å². The number of hydrogen-bond donors (Lipinski definition) is 0. The van der Waals surface area contributed by atoms with E-state index in [-0.39, 0.29) is 0 Å². The zero-order valence-electron chi connectivity index (χ0n) is 18.9. The highest BCUT2D eigenvalue weighted by molar-refractivity contribution is 5.49. The fraction of sp³-hybridized carbons (Fsp3) is 0.435. The molecule has 0 atom stereocenters. The van der Waals surface area contributed by atoms with Crippen LogP contribution in [0.4, 0.5) is 5.69 Å². The molecule has 0 saturated carbocycles. The van der Waals surface area contributed by atoms with Gasteiger partial charge in [-0.1, -0.05) is 6.07 Å². The minimum absolute atomic E-state index is 0.712. The molecule has 1 fully saturated rings. The van der Waals surface area contributed by atoms with Crippen LogP contribution in [0.1, 0.15) is 11.4 Å². The molecule has 0 unspecified atom stereocenters. The van der Waals surface area contributed by atoms with E-state index in [0.29, 0.717) is 6.54 Å². The predicted molar refractivity (Wildman–Crippen MR) is 122 cm³/mol. The predicted octanol–water partition coefficient (Wildman–Crippen LogP) is 2.26. The number of aryl methyl sites for hydroxylation is 2. The van der Waals surface area contributed by atoms with Gasteiger partial charge in [0.15, 0.2) is 17.3 Å². The van der Waals surface area contributed by atoms with Crippen molar-refractivity contribution in [2.45, 2.75) is 19.5 Å². The summed E-state index contributed by atoms with van der Waals surface area (Å²) in [7, 11) is 4.98. The van der Waals surface area contributed by atoms with E-state index >= 15 is 0 Å². The van der Waals surface area contributed by atoms with Gasteiger partial charge in [0.2, 0.25) is 0 Å². The molecule has 1 aromatic heterocycles. The van der Waals surface area contributed by atoms with Gasteiger partial charge in [-0.3, -0.25) is 4.90 Å². The Bertz CT molecular complexity index is 999. The van der Waals surface area contributed by atoms with Gasteiger partial charge in [-0.2, -0.15) is 0 Å². The van der Waals surface area contributed by atoms with Gasteiger partial charge in [-0.05, 0) is 58.8 Å². The lowest BCUT2D eigenvalue weighted by atomic mass is 10.1. The van der Waals surface area contributed by atoms with Crippen molar-refractivity contribution in [3.63, 3.8) is 0 Å². The lowest BCUT2D eigenvalue weighted by Gasteiger charge is -2.35. The van der Waals surface area contributed by atoms with Crippen molar-refractivity contribution in [3.05, 3.63) is 53.9 Å². The first-order chi connectivity index (χ1) is 15.7. The molecule has 1 aliphatic heterocycles. The van der Waals surface area contributed by atoms with Crippen LogP contribution in [-0.2, 0) is 19.5 Å². The molecule has 1 aliphatic rings. The number of tetrazole rings is 1. The van der Waals surface area contributed by atoms with E-state index in [1.165, 1.54) is 5.69 Å². The lowest BCUT2D eigenvalue weighted by molar-refractivity contribution is 0.239. The van der Waals surface area contributed by atoms with Gasteiger partial charge in [-0.15, -0.1) is 5.10 Å². The third-order valence-electron chi connectivity index (χ3n) is 5.84. The number of rotatable bonds is 9. The molecule has 0 N–H and O–H groups in total. The SMILES string of the molecule is COc1ccc(N2CCN(Cc3nnnn3CCc3ccc(OC)c(OC)c3)CC2)cc1. The minimum Gasteiger partial charge on any atom is -0.497 e. The average molecular weight is 439 g/mol. The molecule has 2 aromatic carbocycles. The van der Waals surface area contributed by atoms with Crippen LogP contribution in [0.25, 0.3) is 0 Å². The third kappa shape index (κ3) is 5.11. The number of piperazine rings is 1. The number of benzene rings is 2. The zero-order valence-corrected chi connectivity index (χ0v) is 18.9. The highest BCUT2D eigenvalue weighted by Crippen LogP contribution is 2.28. The highest BCUT2D eigenvalue weighted by Gasteiger charge is 2.19. The summed E-state index contributed by atoms with van der Waals surface area (Å²) in [5.74, 6) is 3.24. The van der Waals surface area contributed by atoms with E-state index in [1.54, 1.807) is 21.3 Å². The Kier molecular flexibility index (Phi) is 7.06. The molecule has 9 nitrogen and oxygen atoms in total. The zero-order chi connectivity index (χ0) is 22.3. The number of hydrogen-bond acceptors (Lipinski definition) is 8. The van der Waals surface area contributed by atoms with Gasteiger partial charge in [0.25, 0.3) is 0 Å². The summed E-state index contributed by atoms with van der Waals surface area (Å²) < 4.78 is 17.9. The second-order valence-corrected chi connectivity index (χ2v) is 7.72. The normalized spacial score (nSPS) is 14.4. The Balaban J connectivity index is 1.30. The Morgan fingerprint density at radius 2 is 1.59 bits per heavy atom. The molecule has 32 heavy (non-hydrogen) atoms. The van der Waals surface area contributed by atoms with Crippen molar-refractivity contribution in [1.29, 1.82) is 0 Å². The number of methoxy groups -OCH3 is 3. The number of ether oxygens (including phenoxy) is 3. The Morgan fingerprint density at radius 1 is 0.844 bits per heavy atom. The number of nitrogens with zero attached hydrogens (tertiary/aromatic N) is 6. The van der Waals surface area contributed by atoms with E-state index < -0.39 is 0 Å². The first-order valence-corrected chi connectivity index (χ1v) is 10.8. The Morgan fingerprint density at radius 3 is 2.28 bits per heavy atom. The van der Waals surface area contributed by atoms with Crippen LogP contribution in [0.15, 0.2) is 42.5 Å². The summed E-state index contributed by atoms with van der Waals surface area (Å²) in [6, 6.07) is 14.2. The molecular formula is C23H30N6O3. The minimum atomic E-state index is 0.712. The van der Waals surface area contributed by atoms with Crippen LogP contribution >= 0.6 is 0 Å². The summed E-state index contributed by atoms with van der Waals surface area (Å²) >= 11 is 0. The summed E-state index contributed by atoms with van der Waals surface area (Å²) in [6.45, 7) is 5.33. The maximum Gasteiger partial charge on any atom is 0.165 e. The van der Waals surface area contributed by atoms with Crippen molar-refractivity contribution in [2.24, 2.45) is 0 Å². The maximum atomic E-state index is 5.40. The number of anilines is 1. The molecule has 0 radical (unpaired) electrons. The second kappa shape index (κ2) is 10.3. The fourth-order valence-corrected chi connectivity index (χ4v) is 3.94. The monoisotopic (exact) mass is 438 g/mol. The summed E-state index contributed by atoms with van der Waals surface area (Å²) in [5, 5.41) is 12.4. The molecule has 0 spiro atoms. The van der Waals surface area contributed by atoms with Gasteiger partial charge >= 0.3 is 0 Å². The number of aromatic nitrogens is 4. The van der Waals surface area contributed by atoms with Crippen LogP contribution in [-0.4, -0.2) is 72.6 Å². The largest absolute Gasteiger partial charge is 0.497 e. The van der Waals surface area contributed by atoms with Crippen LogP contribution in [0, 0.1) is 0 Å². The molecule has 9 heteroatoms. The average Bonchev–Trinajstić information content (AvgIpc) is 3.29. The van der Waals surface area contributed by atoms with Crippen molar-refractivity contribution in [1.82, 2.24) is 25.1 Å². The lowest BCUT2D eigenvalue weighted by Crippen LogP contribution is -2.46. The maximum absolute atomic E-state index is 5.40. The van der Waals surface area contributed by atoms with Crippen LogP contribution in [0.3, 0.4) is 0 Å². The topological polar surface area (TPSA) is 77.8 Å². The molecule has 2 heterocycles. The van der Waals surface area contributed by atoms with Crippen LogP contribution in [0.2, 0.25) is 0 Å². The molecule has 4 rings (SSSR count). The van der Waals surface area contributed by atoms with Crippen molar-refractivity contribution in [2.75, 3.05) is 52.4 Å². The van der Waals surface area contributed by atoms with Crippen molar-refractivity contribution >= 4 is 5.69 Å². The van der Waals surface area contributed by atoms with Gasteiger partial charge < -0.3 is 19.1 Å². The van der Waals surface area contributed by atoms with Gasteiger partial charge in [0, 0.05) is 38.4 Å². The molecule has 3 aromatic rings. The molecular weight excluding hydrogens is 408 g/mol. The smallest absolute Gasteiger partial charge is 0.165 e. The van der Waals surface area contributed by atoms with Gasteiger partial charge in [0.05, 0.1) is 27.9 Å². The van der Waals surface area contributed by atoms with Crippen molar-refractivity contribution < 1.29 is 14.2 Å². The van der Waals surface area contributed by atoms with E-state index in [0.717, 1.165) is 67.8 Å². The molecule has 0 bridgehead atoms. The van der Waals surface area contributed by atoms with E-state index in [1.807, 2.05) is 35.0 Å². The molecule has 0 amide bonds. The Hall–Kier alpha value is -3.33. The van der Waals surface area contributed by atoms with Gasteiger partial charge in [-0.25, -0.2) is 4.68 Å². The van der Waals surface area contributed by atoms with Gasteiger partial charge in [0.1, 0.15) is 5.75 Å². The highest BCUT2D eigenvalue weighted by atomic mass is 16.5. The molecule has 1 saturated heterocycles. The van der Waals surface area contributed by atoms with E-state index in [2.05, 4.69) is 37.5 Å². The van der Waals surface area contributed by atoms with Crippen molar-refractivity contribution in [3.8, 4) is 17.2 Å². The second-order valence-electron chi connectivity index (χ2n) is 7.72. The summed E-state index contributed by atoms with van der Waals surface area (Å²) in [4.78, 5) is 4.80. The Labute approximate surface area is 188 Å². The molecule has 170 valence electrons. The van der Waals surface area contributed by atoms with E-state index in [9.17, 15) is 0 Å². The first kappa shape index (κ1) is 21.9. The summed E-state index contributed by atoms with van der Waals surface area (Å²) in [5.41, 5.74) is 2.38. The van der Waals surface area contributed by atoms with Crippen LogP contribution < -0.4 is 19.1 Å². The molecule has 0 aliphatic carbocycles. The first-order valence-electron chi connectivity index (χ1n) is 10.8. The third-order valence-corrected chi connectivity index (χ3v) is 5.84. The van der Waals surface area contributed by atoms with Crippen LogP contribution in [0.5, 0.6) is 17.2 Å². The summed E-state index contributed by atoms with van der Waals surface area (Å²) in [6.07, 6.45) is 0.809. The fourth-order valence-electron chi connectivity index (χ4n) is 3.94. The standard InChI is InChI=1S/C23H30N6O3/c1-30-20-7-5-19(6-8-20)28-14-12-27(13-15-28)17-23-24-25-26-29(23)11-10-18-4-9-21(31-2)22(16-18)32-3/h4-9,16H,10-15,17H2,1-3H3. The quantitative estimate of drug-likeness (QED) is 0.504.